The van der Waals surface area contributed by atoms with Gasteiger partial charge >= 0.3 is 23.6 Å². The molecule has 1 amide bonds. The van der Waals surface area contributed by atoms with Gasteiger partial charge in [-0.2, -0.15) is 0 Å². The minimum atomic E-state index is -1.03. The molecule has 6 atom stereocenters. The molecular formula is C26H36IN3O14. The number of aromatic nitrogens is 2. The zero-order valence-corrected chi connectivity index (χ0v) is 26.8. The van der Waals surface area contributed by atoms with Crippen molar-refractivity contribution in [1.82, 2.24) is 14.5 Å². The zero-order chi connectivity index (χ0) is 32.4. The standard InChI is InChI=1S/C26H36IN3O14/c1-14-8-30(26(36)28-25(14)35)22-10-29(9-18(43-22)11-40-27)21(34)13-37-5-6-38-23-7-19(41-16(3)32)24(42-17(4)33)20(44-23)12-39-15(2)31/h8,18-20,22-24H,5-7,9-13H2,1-4H3,(H,28,35,36). The molecule has 246 valence electrons. The maximum atomic E-state index is 13.0. The summed E-state index contributed by atoms with van der Waals surface area (Å²) in [5.74, 6) is -2.21. The lowest BCUT2D eigenvalue weighted by Gasteiger charge is -2.39. The van der Waals surface area contributed by atoms with Crippen LogP contribution in [0.25, 0.3) is 0 Å². The van der Waals surface area contributed by atoms with Crippen LogP contribution in [-0.2, 0) is 55.4 Å². The van der Waals surface area contributed by atoms with Crippen molar-refractivity contribution >= 4 is 46.8 Å². The summed E-state index contributed by atoms with van der Waals surface area (Å²) in [6, 6.07) is 0. The van der Waals surface area contributed by atoms with Gasteiger partial charge in [-0.3, -0.25) is 33.5 Å². The summed E-state index contributed by atoms with van der Waals surface area (Å²) in [6.07, 6.45) is -3.86. The van der Waals surface area contributed by atoms with Crippen molar-refractivity contribution in [1.29, 1.82) is 0 Å². The Bertz CT molecular complexity index is 1290. The van der Waals surface area contributed by atoms with E-state index in [1.54, 1.807) is 29.9 Å². The fourth-order valence-corrected chi connectivity index (χ4v) is 5.03. The number of aromatic amines is 1. The molecule has 3 heterocycles. The van der Waals surface area contributed by atoms with Gasteiger partial charge in [-0.15, -0.1) is 0 Å². The van der Waals surface area contributed by atoms with Gasteiger partial charge in [-0.1, -0.05) is 0 Å². The average Bonchev–Trinajstić information content (AvgIpc) is 2.94. The van der Waals surface area contributed by atoms with Gasteiger partial charge in [0.2, 0.25) is 5.91 Å². The van der Waals surface area contributed by atoms with E-state index in [1.807, 2.05) is 0 Å². The number of aryl methyl sites for hydroxylation is 1. The van der Waals surface area contributed by atoms with E-state index < -0.39 is 66.1 Å². The Morgan fingerprint density at radius 3 is 2.39 bits per heavy atom. The summed E-state index contributed by atoms with van der Waals surface area (Å²) in [4.78, 5) is 75.6. The highest BCUT2D eigenvalue weighted by Gasteiger charge is 2.44. The Kier molecular flexibility index (Phi) is 13.7. The number of ether oxygens (including phenoxy) is 7. The van der Waals surface area contributed by atoms with Crippen LogP contribution in [-0.4, -0.2) is 115 Å². The number of amides is 1. The Labute approximate surface area is 266 Å². The monoisotopic (exact) mass is 741 g/mol. The van der Waals surface area contributed by atoms with Gasteiger partial charge in [-0.25, -0.2) is 4.79 Å². The van der Waals surface area contributed by atoms with Crippen LogP contribution in [0.2, 0.25) is 0 Å². The maximum absolute atomic E-state index is 13.0. The largest absolute Gasteiger partial charge is 0.463 e. The molecule has 2 aliphatic heterocycles. The molecular weight excluding hydrogens is 705 g/mol. The number of nitrogens with one attached hydrogen (secondary N) is 1. The van der Waals surface area contributed by atoms with Crippen LogP contribution in [0.5, 0.6) is 0 Å². The van der Waals surface area contributed by atoms with Crippen LogP contribution in [0.3, 0.4) is 0 Å². The molecule has 1 N–H and O–H groups in total. The van der Waals surface area contributed by atoms with Gasteiger partial charge in [0.1, 0.15) is 54.5 Å². The molecule has 1 aromatic heterocycles. The van der Waals surface area contributed by atoms with E-state index >= 15 is 0 Å². The van der Waals surface area contributed by atoms with Crippen LogP contribution in [0, 0.1) is 6.92 Å². The third-order valence-electron chi connectivity index (χ3n) is 6.52. The number of nitrogens with zero attached hydrogens (tertiary/aromatic N) is 2. The highest BCUT2D eigenvalue weighted by molar-refractivity contribution is 14.1. The van der Waals surface area contributed by atoms with Crippen LogP contribution in [0.15, 0.2) is 15.8 Å². The smallest absolute Gasteiger partial charge is 0.330 e. The first-order chi connectivity index (χ1) is 20.9. The van der Waals surface area contributed by atoms with Gasteiger partial charge in [0.15, 0.2) is 18.6 Å². The third kappa shape index (κ3) is 10.6. The summed E-state index contributed by atoms with van der Waals surface area (Å²) in [5, 5.41) is 0. The first-order valence-corrected chi connectivity index (χ1v) is 14.6. The van der Waals surface area contributed by atoms with E-state index in [0.29, 0.717) is 5.56 Å². The van der Waals surface area contributed by atoms with E-state index in [-0.39, 0.29) is 58.5 Å². The second kappa shape index (κ2) is 17.0. The van der Waals surface area contributed by atoms with E-state index in [9.17, 15) is 28.8 Å². The molecule has 2 aliphatic rings. The fourth-order valence-electron chi connectivity index (χ4n) is 4.63. The molecule has 2 fully saturated rings. The van der Waals surface area contributed by atoms with Crippen molar-refractivity contribution in [2.24, 2.45) is 0 Å². The van der Waals surface area contributed by atoms with Crippen LogP contribution in [0.1, 0.15) is 39.0 Å². The number of halogens is 1. The second-order valence-corrected chi connectivity index (χ2v) is 10.7. The lowest BCUT2D eigenvalue weighted by molar-refractivity contribution is -0.267. The maximum Gasteiger partial charge on any atom is 0.330 e. The third-order valence-corrected chi connectivity index (χ3v) is 6.88. The fraction of sp³-hybridized carbons (Fsp3) is 0.692. The SMILES string of the molecule is CC(=O)OCC1OC(OCCOCC(=O)N2CC(COI)OC(n3cc(C)c(=O)[nH]c3=O)C2)CC(OC(C)=O)C1OC(C)=O. The van der Waals surface area contributed by atoms with Crippen molar-refractivity contribution in [3.63, 3.8) is 0 Å². The molecule has 0 radical (unpaired) electrons. The highest BCUT2D eigenvalue weighted by atomic mass is 127. The Morgan fingerprint density at radius 2 is 1.73 bits per heavy atom. The van der Waals surface area contributed by atoms with Crippen LogP contribution in [0.4, 0.5) is 0 Å². The number of carbonyl (C=O) groups is 4. The van der Waals surface area contributed by atoms with E-state index in [4.69, 9.17) is 36.2 Å². The summed E-state index contributed by atoms with van der Waals surface area (Å²) >= 11 is 1.71. The minimum absolute atomic E-state index is 0.0154. The van der Waals surface area contributed by atoms with Crippen molar-refractivity contribution in [3.05, 3.63) is 32.6 Å². The lowest BCUT2D eigenvalue weighted by atomic mass is 10.0. The lowest BCUT2D eigenvalue weighted by Crippen LogP contribution is -2.54. The van der Waals surface area contributed by atoms with Crippen molar-refractivity contribution < 1.29 is 55.4 Å². The van der Waals surface area contributed by atoms with E-state index in [0.717, 1.165) is 0 Å². The number of H-pyrrole nitrogens is 1. The normalized spacial score (nSPS) is 25.2. The van der Waals surface area contributed by atoms with Crippen molar-refractivity contribution in [2.75, 3.05) is 46.1 Å². The Balaban J connectivity index is 1.55. The number of hydrogen-bond donors (Lipinski definition) is 1. The van der Waals surface area contributed by atoms with Gasteiger partial charge in [0, 0.05) is 45.5 Å². The van der Waals surface area contributed by atoms with Crippen LogP contribution >= 0.6 is 23.0 Å². The average molecular weight is 741 g/mol. The minimum Gasteiger partial charge on any atom is -0.463 e. The first-order valence-electron chi connectivity index (χ1n) is 13.7. The molecule has 0 saturated carbocycles. The topological polar surface area (TPSA) is 200 Å². The van der Waals surface area contributed by atoms with Gasteiger partial charge < -0.3 is 41.1 Å². The number of esters is 3. The van der Waals surface area contributed by atoms with Crippen molar-refractivity contribution in [3.8, 4) is 0 Å². The van der Waals surface area contributed by atoms with E-state index in [2.05, 4.69) is 4.98 Å². The molecule has 0 aromatic carbocycles. The summed E-state index contributed by atoms with van der Waals surface area (Å²) < 4.78 is 45.0. The molecule has 1 aromatic rings. The number of rotatable bonds is 13. The molecule has 0 bridgehead atoms. The molecule has 18 heteroatoms. The Hall–Kier alpha value is -2.91. The molecule has 3 rings (SSSR count). The van der Waals surface area contributed by atoms with Crippen LogP contribution < -0.4 is 11.2 Å². The summed E-state index contributed by atoms with van der Waals surface area (Å²) in [7, 11) is 0. The van der Waals surface area contributed by atoms with Gasteiger partial charge in [0.25, 0.3) is 5.56 Å². The Morgan fingerprint density at radius 1 is 1.00 bits per heavy atom. The van der Waals surface area contributed by atoms with Gasteiger partial charge in [0.05, 0.1) is 26.4 Å². The first kappa shape index (κ1) is 35.6. The summed E-state index contributed by atoms with van der Waals surface area (Å²) in [5.41, 5.74) is -0.873. The molecule has 6 unspecified atom stereocenters. The second-order valence-electron chi connectivity index (χ2n) is 10.1. The molecule has 44 heavy (non-hydrogen) atoms. The molecule has 2 saturated heterocycles. The quantitative estimate of drug-likeness (QED) is 0.118. The zero-order valence-electron chi connectivity index (χ0n) is 24.7. The highest BCUT2D eigenvalue weighted by Crippen LogP contribution is 2.27. The molecule has 0 aliphatic carbocycles. The van der Waals surface area contributed by atoms with Gasteiger partial charge in [-0.05, 0) is 6.92 Å². The predicted octanol–water partition coefficient (Wildman–Crippen LogP) is -0.488. The number of morpholine rings is 1. The molecule has 17 nitrogen and oxygen atoms in total. The predicted molar refractivity (Wildman–Crippen MR) is 154 cm³/mol. The van der Waals surface area contributed by atoms with Crippen molar-refractivity contribution in [2.45, 2.75) is 71.0 Å². The number of carbonyl (C=O) groups excluding carboxylic acids is 4. The van der Waals surface area contributed by atoms with E-state index in [1.165, 1.54) is 36.4 Å². The number of hydrogen-bond acceptors (Lipinski definition) is 14. The molecule has 0 spiro atoms. The summed E-state index contributed by atoms with van der Waals surface area (Å²) in [6.45, 7) is 4.91.